The number of carbonyl (C=O) groups excluding carboxylic acids is 3. The van der Waals surface area contributed by atoms with Gasteiger partial charge in [0.2, 0.25) is 0 Å². The molecule has 0 aliphatic heterocycles. The predicted molar refractivity (Wildman–Crippen MR) is 84.6 cm³/mol. The number of fused-ring (bicyclic) bond motifs is 1. The highest BCUT2D eigenvalue weighted by atomic mass is 16.5. The van der Waals surface area contributed by atoms with Crippen molar-refractivity contribution in [3.63, 3.8) is 0 Å². The minimum atomic E-state index is -1.00. The van der Waals surface area contributed by atoms with Crippen molar-refractivity contribution in [1.82, 2.24) is 10.6 Å². The molecular formula is C16H16N2O6. The normalized spacial score (nSPS) is 10.2. The number of carbonyl (C=O) groups is 3. The largest absolute Gasteiger partial charge is 0.452 e. The first-order valence-electron chi connectivity index (χ1n) is 7.29. The van der Waals surface area contributed by atoms with E-state index in [0.29, 0.717) is 23.9 Å². The standard InChI is InChI=1S/C16H16N2O6/c1-2-7-17-16(22)18-13(19)9-23-14(20)11-8-10-5-3-4-6-12(10)24-15(11)21/h3-6,8H,2,7,9H2,1H3,(H2,17,18,19,22). The molecule has 0 radical (unpaired) electrons. The molecule has 0 unspecified atom stereocenters. The van der Waals surface area contributed by atoms with Gasteiger partial charge in [-0.3, -0.25) is 10.1 Å². The van der Waals surface area contributed by atoms with Gasteiger partial charge in [0.05, 0.1) is 0 Å². The molecule has 2 N–H and O–H groups in total. The van der Waals surface area contributed by atoms with E-state index in [4.69, 9.17) is 9.15 Å². The summed E-state index contributed by atoms with van der Waals surface area (Å²) in [6.45, 7) is 1.58. The summed E-state index contributed by atoms with van der Waals surface area (Å²) in [4.78, 5) is 46.5. The van der Waals surface area contributed by atoms with Gasteiger partial charge in [-0.2, -0.15) is 0 Å². The summed E-state index contributed by atoms with van der Waals surface area (Å²) >= 11 is 0. The molecule has 1 heterocycles. The number of urea groups is 1. The van der Waals surface area contributed by atoms with Crippen molar-refractivity contribution in [2.45, 2.75) is 13.3 Å². The maximum absolute atomic E-state index is 11.9. The molecule has 2 rings (SSSR count). The van der Waals surface area contributed by atoms with Crippen LogP contribution in [-0.4, -0.2) is 31.1 Å². The number of esters is 1. The SMILES string of the molecule is CCCNC(=O)NC(=O)COC(=O)c1cc2ccccc2oc1=O. The summed E-state index contributed by atoms with van der Waals surface area (Å²) in [7, 11) is 0. The van der Waals surface area contributed by atoms with E-state index in [0.717, 1.165) is 0 Å². The second-order valence-electron chi connectivity index (χ2n) is 4.87. The molecule has 0 fully saturated rings. The lowest BCUT2D eigenvalue weighted by Gasteiger charge is -2.06. The fourth-order valence-corrected chi connectivity index (χ4v) is 1.86. The topological polar surface area (TPSA) is 115 Å². The van der Waals surface area contributed by atoms with Crippen LogP contribution in [0.3, 0.4) is 0 Å². The van der Waals surface area contributed by atoms with E-state index >= 15 is 0 Å². The van der Waals surface area contributed by atoms with Gasteiger partial charge in [-0.1, -0.05) is 25.1 Å². The van der Waals surface area contributed by atoms with E-state index in [9.17, 15) is 19.2 Å². The first-order chi connectivity index (χ1) is 11.5. The van der Waals surface area contributed by atoms with Crippen molar-refractivity contribution in [1.29, 1.82) is 0 Å². The molecule has 0 atom stereocenters. The van der Waals surface area contributed by atoms with Crippen LogP contribution in [0.25, 0.3) is 11.0 Å². The highest BCUT2D eigenvalue weighted by Crippen LogP contribution is 2.12. The summed E-state index contributed by atoms with van der Waals surface area (Å²) in [6, 6.07) is 7.32. The third-order valence-corrected chi connectivity index (χ3v) is 2.98. The van der Waals surface area contributed by atoms with E-state index in [-0.39, 0.29) is 5.56 Å². The third-order valence-electron chi connectivity index (χ3n) is 2.98. The number of imide groups is 1. The van der Waals surface area contributed by atoms with Crippen LogP contribution in [0.1, 0.15) is 23.7 Å². The van der Waals surface area contributed by atoms with Crippen LogP contribution >= 0.6 is 0 Å². The van der Waals surface area contributed by atoms with Crippen molar-refractivity contribution < 1.29 is 23.5 Å². The highest BCUT2D eigenvalue weighted by molar-refractivity contribution is 5.97. The van der Waals surface area contributed by atoms with E-state index in [2.05, 4.69) is 5.32 Å². The molecule has 0 spiro atoms. The average molecular weight is 332 g/mol. The lowest BCUT2D eigenvalue weighted by molar-refractivity contribution is -0.123. The second kappa shape index (κ2) is 7.91. The van der Waals surface area contributed by atoms with E-state index in [1.165, 1.54) is 6.07 Å². The Hall–Kier alpha value is -3.16. The predicted octanol–water partition coefficient (Wildman–Crippen LogP) is 1.19. The number of benzene rings is 1. The van der Waals surface area contributed by atoms with Crippen LogP contribution in [0, 0.1) is 0 Å². The highest BCUT2D eigenvalue weighted by Gasteiger charge is 2.17. The minimum Gasteiger partial charge on any atom is -0.452 e. The molecule has 2 aromatic rings. The molecule has 0 aliphatic rings. The van der Waals surface area contributed by atoms with Gasteiger partial charge in [0, 0.05) is 11.9 Å². The zero-order valence-electron chi connectivity index (χ0n) is 13.0. The van der Waals surface area contributed by atoms with Gasteiger partial charge in [0.25, 0.3) is 5.91 Å². The number of hydrogen-bond donors (Lipinski definition) is 2. The van der Waals surface area contributed by atoms with Gasteiger partial charge in [-0.25, -0.2) is 14.4 Å². The number of ether oxygens (including phenoxy) is 1. The Labute approximate surface area is 136 Å². The average Bonchev–Trinajstić information content (AvgIpc) is 2.57. The first kappa shape index (κ1) is 17.2. The van der Waals surface area contributed by atoms with Crippen molar-refractivity contribution in [3.05, 3.63) is 46.3 Å². The van der Waals surface area contributed by atoms with E-state index < -0.39 is 30.1 Å². The molecular weight excluding hydrogens is 316 g/mol. The van der Waals surface area contributed by atoms with Gasteiger partial charge in [-0.05, 0) is 18.6 Å². The summed E-state index contributed by atoms with van der Waals surface area (Å²) in [5.74, 6) is -1.80. The zero-order chi connectivity index (χ0) is 17.5. The van der Waals surface area contributed by atoms with Crippen LogP contribution in [0.2, 0.25) is 0 Å². The van der Waals surface area contributed by atoms with Gasteiger partial charge in [0.1, 0.15) is 11.1 Å². The molecule has 1 aromatic carbocycles. The van der Waals surface area contributed by atoms with Gasteiger partial charge < -0.3 is 14.5 Å². The lowest BCUT2D eigenvalue weighted by Crippen LogP contribution is -2.41. The number of rotatable bonds is 5. The van der Waals surface area contributed by atoms with Crippen molar-refractivity contribution in [3.8, 4) is 0 Å². The molecule has 0 bridgehead atoms. The monoisotopic (exact) mass is 332 g/mol. The molecule has 126 valence electrons. The Kier molecular flexibility index (Phi) is 5.67. The Bertz CT molecular complexity index is 827. The fraction of sp³-hybridized carbons (Fsp3) is 0.250. The second-order valence-corrected chi connectivity index (χ2v) is 4.87. The third kappa shape index (κ3) is 4.42. The molecule has 8 nitrogen and oxygen atoms in total. The van der Waals surface area contributed by atoms with Crippen molar-refractivity contribution >= 4 is 28.9 Å². The smallest absolute Gasteiger partial charge is 0.351 e. The molecule has 0 aliphatic carbocycles. The summed E-state index contributed by atoms with van der Waals surface area (Å²) in [6.07, 6.45) is 0.717. The lowest BCUT2D eigenvalue weighted by atomic mass is 10.2. The Morgan fingerprint density at radius 3 is 2.71 bits per heavy atom. The van der Waals surface area contributed by atoms with Crippen molar-refractivity contribution in [2.24, 2.45) is 0 Å². The molecule has 0 saturated heterocycles. The summed E-state index contributed by atoms with van der Waals surface area (Å²) < 4.78 is 9.74. The molecule has 1 aromatic heterocycles. The van der Waals surface area contributed by atoms with Crippen LogP contribution in [0.5, 0.6) is 0 Å². The minimum absolute atomic E-state index is 0.322. The van der Waals surface area contributed by atoms with Crippen molar-refractivity contribution in [2.75, 3.05) is 13.2 Å². The Morgan fingerprint density at radius 2 is 1.96 bits per heavy atom. The van der Waals surface area contributed by atoms with E-state index in [1.54, 1.807) is 24.3 Å². The molecule has 0 saturated carbocycles. The fourth-order valence-electron chi connectivity index (χ4n) is 1.86. The molecule has 8 heteroatoms. The maximum Gasteiger partial charge on any atom is 0.351 e. The van der Waals surface area contributed by atoms with Crippen LogP contribution in [-0.2, 0) is 9.53 Å². The number of para-hydroxylation sites is 1. The first-order valence-corrected chi connectivity index (χ1v) is 7.29. The number of amides is 3. The van der Waals surface area contributed by atoms with E-state index in [1.807, 2.05) is 12.2 Å². The number of hydrogen-bond acceptors (Lipinski definition) is 6. The zero-order valence-corrected chi connectivity index (χ0v) is 13.0. The Balaban J connectivity index is 1.97. The number of nitrogens with one attached hydrogen (secondary N) is 2. The van der Waals surface area contributed by atoms with Gasteiger partial charge in [0.15, 0.2) is 6.61 Å². The molecule has 3 amide bonds. The van der Waals surface area contributed by atoms with Crippen LogP contribution < -0.4 is 16.3 Å². The summed E-state index contributed by atoms with van der Waals surface area (Å²) in [5.41, 5.74) is -0.846. The molecule has 24 heavy (non-hydrogen) atoms. The quantitative estimate of drug-likeness (QED) is 0.628. The van der Waals surface area contributed by atoms with Crippen LogP contribution in [0.4, 0.5) is 4.79 Å². The van der Waals surface area contributed by atoms with Gasteiger partial charge >= 0.3 is 17.6 Å². The van der Waals surface area contributed by atoms with Gasteiger partial charge in [-0.15, -0.1) is 0 Å². The summed E-state index contributed by atoms with van der Waals surface area (Å²) in [5, 5.41) is 4.98. The maximum atomic E-state index is 11.9. The van der Waals surface area contributed by atoms with Crippen LogP contribution in [0.15, 0.2) is 39.5 Å². The Morgan fingerprint density at radius 1 is 1.21 bits per heavy atom.